The highest BCUT2D eigenvalue weighted by Crippen LogP contribution is 2.30. The molecule has 0 bridgehead atoms. The highest BCUT2D eigenvalue weighted by atomic mass is 35.5. The van der Waals surface area contributed by atoms with E-state index in [0.717, 1.165) is 37.7 Å². The molecule has 3 rings (SSSR count). The minimum absolute atomic E-state index is 0. The summed E-state index contributed by atoms with van der Waals surface area (Å²) in [6.45, 7) is 6.20. The molecular weight excluding hydrogens is 383 g/mol. The lowest BCUT2D eigenvalue weighted by molar-refractivity contribution is 0.0522. The number of piperazine rings is 1. The minimum atomic E-state index is 0. The number of ether oxygens (including phenoxy) is 1. The first-order valence-corrected chi connectivity index (χ1v) is 9.61. The van der Waals surface area contributed by atoms with Gasteiger partial charge < -0.3 is 9.84 Å². The Labute approximate surface area is 173 Å². The molecule has 0 saturated carbocycles. The summed E-state index contributed by atoms with van der Waals surface area (Å²) in [7, 11) is 0. The Kier molecular flexibility index (Phi) is 9.56. The average Bonchev–Trinajstić information content (AvgIpc) is 2.69. The quantitative estimate of drug-likeness (QED) is 0.675. The van der Waals surface area contributed by atoms with Crippen molar-refractivity contribution in [1.29, 1.82) is 0 Å². The molecule has 0 spiro atoms. The highest BCUT2D eigenvalue weighted by molar-refractivity contribution is 6.30. The van der Waals surface area contributed by atoms with Crippen molar-refractivity contribution in [3.8, 4) is 0 Å². The zero-order chi connectivity index (χ0) is 18.2. The topological polar surface area (TPSA) is 35.9 Å². The summed E-state index contributed by atoms with van der Waals surface area (Å²) in [5.74, 6) is 0. The first-order valence-electron chi connectivity index (χ1n) is 9.23. The van der Waals surface area contributed by atoms with E-state index in [0.29, 0.717) is 13.2 Å². The molecule has 6 heteroatoms. The Morgan fingerprint density at radius 2 is 1.52 bits per heavy atom. The standard InChI is InChI=1S/C21H27ClN2O2.ClH/c22-20-8-6-19(7-9-20)21(18-4-2-1-3-5-18)24-12-10-23(11-13-24)14-16-26-17-15-25;/h1-9,21,25H,10-17H2;1H/t21-;/m1./s1. The van der Waals surface area contributed by atoms with Gasteiger partial charge in [0.15, 0.2) is 0 Å². The molecule has 0 unspecified atom stereocenters. The fourth-order valence-corrected chi connectivity index (χ4v) is 3.63. The van der Waals surface area contributed by atoms with Crippen LogP contribution >= 0.6 is 24.0 Å². The summed E-state index contributed by atoms with van der Waals surface area (Å²) in [5.41, 5.74) is 2.59. The summed E-state index contributed by atoms with van der Waals surface area (Å²) < 4.78 is 5.39. The number of halogens is 2. The van der Waals surface area contributed by atoms with Crippen LogP contribution in [0.2, 0.25) is 5.02 Å². The zero-order valence-electron chi connectivity index (χ0n) is 15.5. The van der Waals surface area contributed by atoms with Gasteiger partial charge in [0, 0.05) is 37.7 Å². The van der Waals surface area contributed by atoms with Gasteiger partial charge in [-0.1, -0.05) is 54.1 Å². The Morgan fingerprint density at radius 3 is 2.15 bits per heavy atom. The highest BCUT2D eigenvalue weighted by Gasteiger charge is 2.26. The van der Waals surface area contributed by atoms with Crippen molar-refractivity contribution in [1.82, 2.24) is 9.80 Å². The Bertz CT molecular complexity index is 647. The van der Waals surface area contributed by atoms with E-state index in [1.165, 1.54) is 11.1 Å². The molecule has 0 amide bonds. The molecule has 0 aliphatic carbocycles. The van der Waals surface area contributed by atoms with E-state index in [1.54, 1.807) is 0 Å². The van der Waals surface area contributed by atoms with E-state index in [1.807, 2.05) is 12.1 Å². The summed E-state index contributed by atoms with van der Waals surface area (Å²) in [6, 6.07) is 19.1. The van der Waals surface area contributed by atoms with Crippen LogP contribution in [0.25, 0.3) is 0 Å². The zero-order valence-corrected chi connectivity index (χ0v) is 17.0. The maximum Gasteiger partial charge on any atom is 0.0698 e. The van der Waals surface area contributed by atoms with E-state index in [9.17, 15) is 0 Å². The van der Waals surface area contributed by atoms with Crippen molar-refractivity contribution < 1.29 is 9.84 Å². The van der Waals surface area contributed by atoms with Crippen LogP contribution in [-0.4, -0.2) is 67.5 Å². The molecule has 2 aromatic rings. The summed E-state index contributed by atoms with van der Waals surface area (Å²) in [4.78, 5) is 4.97. The molecule has 27 heavy (non-hydrogen) atoms. The van der Waals surface area contributed by atoms with Crippen molar-refractivity contribution in [3.63, 3.8) is 0 Å². The first-order chi connectivity index (χ1) is 12.8. The van der Waals surface area contributed by atoms with Gasteiger partial charge in [-0.3, -0.25) is 9.80 Å². The number of hydrogen-bond acceptors (Lipinski definition) is 4. The van der Waals surface area contributed by atoms with Gasteiger partial charge in [-0.05, 0) is 23.3 Å². The van der Waals surface area contributed by atoms with E-state index in [-0.39, 0.29) is 25.1 Å². The summed E-state index contributed by atoms with van der Waals surface area (Å²) >= 11 is 6.09. The number of nitrogens with zero attached hydrogens (tertiary/aromatic N) is 2. The van der Waals surface area contributed by atoms with Gasteiger partial charge in [0.2, 0.25) is 0 Å². The Morgan fingerprint density at radius 1 is 0.889 bits per heavy atom. The number of hydrogen-bond donors (Lipinski definition) is 1. The van der Waals surface area contributed by atoms with E-state index in [4.69, 9.17) is 21.4 Å². The lowest BCUT2D eigenvalue weighted by Crippen LogP contribution is -2.48. The maximum absolute atomic E-state index is 8.78. The van der Waals surface area contributed by atoms with Gasteiger partial charge in [-0.15, -0.1) is 12.4 Å². The largest absolute Gasteiger partial charge is 0.394 e. The predicted molar refractivity (Wildman–Crippen MR) is 113 cm³/mol. The number of rotatable bonds is 8. The van der Waals surface area contributed by atoms with Crippen LogP contribution in [0.3, 0.4) is 0 Å². The number of aliphatic hydroxyl groups excluding tert-OH is 1. The molecule has 1 atom stereocenters. The molecule has 2 aromatic carbocycles. The van der Waals surface area contributed by atoms with Crippen molar-refractivity contribution in [3.05, 3.63) is 70.7 Å². The lowest BCUT2D eigenvalue weighted by atomic mass is 9.96. The van der Waals surface area contributed by atoms with Crippen molar-refractivity contribution in [2.45, 2.75) is 6.04 Å². The van der Waals surface area contributed by atoms with Gasteiger partial charge in [0.1, 0.15) is 0 Å². The maximum atomic E-state index is 8.78. The second-order valence-electron chi connectivity index (χ2n) is 6.58. The van der Waals surface area contributed by atoms with Gasteiger partial charge in [-0.25, -0.2) is 0 Å². The van der Waals surface area contributed by atoms with Crippen LogP contribution < -0.4 is 0 Å². The van der Waals surface area contributed by atoms with Gasteiger partial charge in [0.25, 0.3) is 0 Å². The van der Waals surface area contributed by atoms with E-state index >= 15 is 0 Å². The number of aliphatic hydroxyl groups is 1. The third kappa shape index (κ3) is 6.46. The smallest absolute Gasteiger partial charge is 0.0698 e. The third-order valence-electron chi connectivity index (χ3n) is 4.86. The first kappa shape index (κ1) is 22.2. The van der Waals surface area contributed by atoms with E-state index in [2.05, 4.69) is 52.3 Å². The molecule has 1 fully saturated rings. The van der Waals surface area contributed by atoms with Gasteiger partial charge in [0.05, 0.1) is 25.9 Å². The molecule has 0 aromatic heterocycles. The molecule has 148 valence electrons. The Hall–Kier alpha value is -1.14. The van der Waals surface area contributed by atoms with Crippen LogP contribution in [0, 0.1) is 0 Å². The van der Waals surface area contributed by atoms with Gasteiger partial charge in [-0.2, -0.15) is 0 Å². The van der Waals surface area contributed by atoms with Crippen molar-refractivity contribution in [2.24, 2.45) is 0 Å². The lowest BCUT2D eigenvalue weighted by Gasteiger charge is -2.39. The van der Waals surface area contributed by atoms with Crippen LogP contribution in [0.5, 0.6) is 0 Å². The molecule has 1 saturated heterocycles. The molecule has 4 nitrogen and oxygen atoms in total. The fourth-order valence-electron chi connectivity index (χ4n) is 3.50. The molecule has 1 aliphatic rings. The molecule has 1 N–H and O–H groups in total. The average molecular weight is 411 g/mol. The third-order valence-corrected chi connectivity index (χ3v) is 5.11. The SMILES string of the molecule is Cl.OCCOCCN1CCN([C@H](c2ccccc2)c2ccc(Cl)cc2)CC1. The van der Waals surface area contributed by atoms with Crippen LogP contribution in [0.1, 0.15) is 17.2 Å². The van der Waals surface area contributed by atoms with E-state index < -0.39 is 0 Å². The second kappa shape index (κ2) is 11.6. The normalized spacial score (nSPS) is 16.7. The molecule has 1 heterocycles. The van der Waals surface area contributed by atoms with Gasteiger partial charge >= 0.3 is 0 Å². The summed E-state index contributed by atoms with van der Waals surface area (Å²) in [5, 5.41) is 9.55. The number of benzene rings is 2. The summed E-state index contributed by atoms with van der Waals surface area (Å²) in [6.07, 6.45) is 0. The monoisotopic (exact) mass is 410 g/mol. The van der Waals surface area contributed by atoms with Crippen LogP contribution in [0.15, 0.2) is 54.6 Å². The molecular formula is C21H28Cl2N2O2. The van der Waals surface area contributed by atoms with Crippen molar-refractivity contribution >= 4 is 24.0 Å². The minimum Gasteiger partial charge on any atom is -0.394 e. The van der Waals surface area contributed by atoms with Crippen molar-refractivity contribution in [2.75, 3.05) is 52.5 Å². The second-order valence-corrected chi connectivity index (χ2v) is 7.01. The molecule has 1 aliphatic heterocycles. The Balaban J connectivity index is 0.00000261. The molecule has 0 radical (unpaired) electrons. The predicted octanol–water partition coefficient (Wildman–Crippen LogP) is 3.48. The van der Waals surface area contributed by atoms with Crippen LogP contribution in [0.4, 0.5) is 0 Å². The fraction of sp³-hybridized carbons (Fsp3) is 0.429. The van der Waals surface area contributed by atoms with Crippen LogP contribution in [-0.2, 0) is 4.74 Å².